The number of aryl methyl sites for hydroxylation is 1. The highest BCUT2D eigenvalue weighted by Gasteiger charge is 2.20. The lowest BCUT2D eigenvalue weighted by atomic mass is 9.87. The number of carbonyl (C=O) groups excluding carboxylic acids is 1. The van der Waals surface area contributed by atoms with Gasteiger partial charge in [-0.15, -0.1) is 10.2 Å². The molecule has 1 N–H and O–H groups in total. The molecule has 0 aliphatic heterocycles. The van der Waals surface area contributed by atoms with Crippen LogP contribution < -0.4 is 5.32 Å². The molecule has 0 bridgehead atoms. The van der Waals surface area contributed by atoms with E-state index in [1.54, 1.807) is 19.1 Å². The number of nitrogens with zero attached hydrogens (tertiary/aromatic N) is 4. The monoisotopic (exact) mass is 331 g/mol. The fourth-order valence-electron chi connectivity index (χ4n) is 3.02. The molecule has 1 aliphatic carbocycles. The summed E-state index contributed by atoms with van der Waals surface area (Å²) >= 11 is 0. The molecule has 1 aromatic carbocycles. The molecule has 1 aliphatic rings. The first-order valence-electron chi connectivity index (χ1n) is 8.35. The van der Waals surface area contributed by atoms with E-state index in [9.17, 15) is 9.18 Å². The van der Waals surface area contributed by atoms with Crippen molar-refractivity contribution in [3.05, 3.63) is 29.6 Å². The predicted octanol–water partition coefficient (Wildman–Crippen LogP) is 2.48. The summed E-state index contributed by atoms with van der Waals surface area (Å²) in [5.74, 6) is 0.760. The van der Waals surface area contributed by atoms with Crippen LogP contribution in [-0.4, -0.2) is 32.2 Å². The van der Waals surface area contributed by atoms with Gasteiger partial charge in [0.15, 0.2) is 0 Å². The first-order chi connectivity index (χ1) is 11.5. The summed E-state index contributed by atoms with van der Waals surface area (Å²) < 4.78 is 13.3. The molecule has 1 amide bonds. The van der Waals surface area contributed by atoms with Gasteiger partial charge in [-0.1, -0.05) is 6.92 Å². The minimum absolute atomic E-state index is 0.0409. The van der Waals surface area contributed by atoms with Crippen molar-refractivity contribution in [3.8, 4) is 11.4 Å². The number of hydrogen-bond acceptors (Lipinski definition) is 4. The number of aromatic nitrogens is 4. The van der Waals surface area contributed by atoms with E-state index in [4.69, 9.17) is 0 Å². The average molecular weight is 331 g/mol. The van der Waals surface area contributed by atoms with Gasteiger partial charge < -0.3 is 5.32 Å². The topological polar surface area (TPSA) is 72.7 Å². The van der Waals surface area contributed by atoms with Crippen LogP contribution in [0.4, 0.5) is 4.39 Å². The van der Waals surface area contributed by atoms with E-state index >= 15 is 0 Å². The van der Waals surface area contributed by atoms with Crippen LogP contribution in [0.1, 0.15) is 38.2 Å². The minimum Gasteiger partial charge on any atom is -0.352 e. The summed E-state index contributed by atoms with van der Waals surface area (Å²) in [5.41, 5.74) is 1.20. The van der Waals surface area contributed by atoms with Gasteiger partial charge in [-0.3, -0.25) is 4.79 Å². The molecule has 1 saturated carbocycles. The molecule has 2 aromatic rings. The fraction of sp³-hybridized carbons (Fsp3) is 0.529. The second-order valence-corrected chi connectivity index (χ2v) is 6.63. The number of hydrogen-bond donors (Lipinski definition) is 1. The van der Waals surface area contributed by atoms with Gasteiger partial charge >= 0.3 is 0 Å². The van der Waals surface area contributed by atoms with Gasteiger partial charge in [0.1, 0.15) is 12.4 Å². The maximum Gasteiger partial charge on any atom is 0.243 e. The van der Waals surface area contributed by atoms with Crippen LogP contribution in [0.3, 0.4) is 0 Å². The molecule has 6 nitrogen and oxygen atoms in total. The number of nitrogens with one attached hydrogen (secondary N) is 1. The van der Waals surface area contributed by atoms with E-state index in [-0.39, 0.29) is 24.3 Å². The van der Waals surface area contributed by atoms with E-state index in [0.29, 0.717) is 17.0 Å². The smallest absolute Gasteiger partial charge is 0.243 e. The van der Waals surface area contributed by atoms with E-state index in [1.807, 2.05) is 0 Å². The van der Waals surface area contributed by atoms with Crippen LogP contribution >= 0.6 is 0 Å². The second kappa shape index (κ2) is 7.07. The summed E-state index contributed by atoms with van der Waals surface area (Å²) in [6.45, 7) is 3.97. The highest BCUT2D eigenvalue weighted by molar-refractivity contribution is 5.75. The number of amides is 1. The molecule has 0 spiro atoms. The Balaban J connectivity index is 1.59. The summed E-state index contributed by atoms with van der Waals surface area (Å²) in [4.78, 5) is 13.4. The van der Waals surface area contributed by atoms with Gasteiger partial charge in [0.2, 0.25) is 11.7 Å². The second-order valence-electron chi connectivity index (χ2n) is 6.63. The zero-order valence-corrected chi connectivity index (χ0v) is 14.0. The van der Waals surface area contributed by atoms with Crippen molar-refractivity contribution in [1.82, 2.24) is 25.5 Å². The molecule has 7 heteroatoms. The average Bonchev–Trinajstić information content (AvgIpc) is 3.00. The zero-order valence-electron chi connectivity index (χ0n) is 14.0. The van der Waals surface area contributed by atoms with Crippen molar-refractivity contribution in [2.24, 2.45) is 5.92 Å². The number of halogens is 1. The molecule has 0 radical (unpaired) electrons. The Kier molecular flexibility index (Phi) is 4.87. The molecule has 1 aromatic heterocycles. The van der Waals surface area contributed by atoms with Gasteiger partial charge in [-0.2, -0.15) is 4.80 Å². The molecule has 0 saturated heterocycles. The third-order valence-corrected chi connectivity index (χ3v) is 4.53. The first-order valence-corrected chi connectivity index (χ1v) is 8.35. The molecule has 1 heterocycles. The SMILES string of the molecule is Cc1cc(-c2nnn(CC(=O)NC3CCC(C)CC3)n2)ccc1F. The summed E-state index contributed by atoms with van der Waals surface area (Å²) in [5, 5.41) is 15.1. The van der Waals surface area contributed by atoms with Crippen LogP contribution in [0.2, 0.25) is 0 Å². The Morgan fingerprint density at radius 2 is 2.08 bits per heavy atom. The Morgan fingerprint density at radius 3 is 2.79 bits per heavy atom. The highest BCUT2D eigenvalue weighted by Crippen LogP contribution is 2.23. The third kappa shape index (κ3) is 3.96. The van der Waals surface area contributed by atoms with Gasteiger partial charge in [0.25, 0.3) is 0 Å². The quantitative estimate of drug-likeness (QED) is 0.934. The molecule has 1 fully saturated rings. The van der Waals surface area contributed by atoms with Crippen molar-refractivity contribution in [2.75, 3.05) is 0 Å². The molecule has 0 unspecified atom stereocenters. The van der Waals surface area contributed by atoms with Gasteiger partial charge in [0, 0.05) is 11.6 Å². The van der Waals surface area contributed by atoms with Crippen molar-refractivity contribution in [3.63, 3.8) is 0 Å². The van der Waals surface area contributed by atoms with Crippen LogP contribution in [0, 0.1) is 18.7 Å². The maximum absolute atomic E-state index is 13.3. The molecule has 0 atom stereocenters. The van der Waals surface area contributed by atoms with E-state index in [0.717, 1.165) is 31.6 Å². The Hall–Kier alpha value is -2.31. The Labute approximate surface area is 140 Å². The molecular formula is C17H22FN5O. The first kappa shape index (κ1) is 16.5. The van der Waals surface area contributed by atoms with Crippen LogP contribution in [-0.2, 0) is 11.3 Å². The van der Waals surface area contributed by atoms with Crippen LogP contribution in [0.25, 0.3) is 11.4 Å². The summed E-state index contributed by atoms with van der Waals surface area (Å²) in [6.07, 6.45) is 4.36. The highest BCUT2D eigenvalue weighted by atomic mass is 19.1. The zero-order chi connectivity index (χ0) is 17.1. The fourth-order valence-corrected chi connectivity index (χ4v) is 3.02. The normalized spacial score (nSPS) is 20.8. The Bertz CT molecular complexity index is 722. The lowest BCUT2D eigenvalue weighted by Gasteiger charge is -2.26. The largest absolute Gasteiger partial charge is 0.352 e. The summed E-state index contributed by atoms with van der Waals surface area (Å²) in [7, 11) is 0. The maximum atomic E-state index is 13.3. The Morgan fingerprint density at radius 1 is 1.33 bits per heavy atom. The lowest BCUT2D eigenvalue weighted by molar-refractivity contribution is -0.123. The van der Waals surface area contributed by atoms with Gasteiger partial charge in [0.05, 0.1) is 0 Å². The lowest BCUT2D eigenvalue weighted by Crippen LogP contribution is -2.39. The number of rotatable bonds is 4. The molecule has 128 valence electrons. The van der Waals surface area contributed by atoms with Gasteiger partial charge in [-0.05, 0) is 67.5 Å². The standard InChI is InChI=1S/C17H22FN5O/c1-11-3-6-14(7-4-11)19-16(24)10-23-21-17(20-22-23)13-5-8-15(18)12(2)9-13/h5,8-9,11,14H,3-4,6-7,10H2,1-2H3,(H,19,24). The van der Waals surface area contributed by atoms with Crippen molar-refractivity contribution >= 4 is 5.91 Å². The number of benzene rings is 1. The van der Waals surface area contributed by atoms with E-state index in [2.05, 4.69) is 27.7 Å². The predicted molar refractivity (Wildman–Crippen MR) is 87.5 cm³/mol. The van der Waals surface area contributed by atoms with Crippen molar-refractivity contribution in [1.29, 1.82) is 0 Å². The van der Waals surface area contributed by atoms with Gasteiger partial charge in [-0.25, -0.2) is 4.39 Å². The van der Waals surface area contributed by atoms with E-state index < -0.39 is 0 Å². The summed E-state index contributed by atoms with van der Waals surface area (Å²) in [6, 6.07) is 4.89. The molecule has 3 rings (SSSR count). The number of carbonyl (C=O) groups is 1. The van der Waals surface area contributed by atoms with Crippen molar-refractivity contribution in [2.45, 2.75) is 52.1 Å². The van der Waals surface area contributed by atoms with E-state index in [1.165, 1.54) is 10.9 Å². The minimum atomic E-state index is -0.271. The van der Waals surface area contributed by atoms with Crippen LogP contribution in [0.5, 0.6) is 0 Å². The molecular weight excluding hydrogens is 309 g/mol. The molecule has 24 heavy (non-hydrogen) atoms. The third-order valence-electron chi connectivity index (χ3n) is 4.53. The van der Waals surface area contributed by atoms with Crippen molar-refractivity contribution < 1.29 is 9.18 Å². The van der Waals surface area contributed by atoms with Crippen LogP contribution in [0.15, 0.2) is 18.2 Å². The number of tetrazole rings is 1.